The van der Waals surface area contributed by atoms with Crippen LogP contribution in [0.4, 0.5) is 0 Å². The average Bonchev–Trinajstić information content (AvgIpc) is 3.30. The Morgan fingerprint density at radius 1 is 1.38 bits per heavy atom. The van der Waals surface area contributed by atoms with E-state index in [1.807, 2.05) is 18.4 Å². The van der Waals surface area contributed by atoms with Crippen LogP contribution in [0.5, 0.6) is 0 Å². The number of rotatable bonds is 7. The Labute approximate surface area is 138 Å². The van der Waals surface area contributed by atoms with Crippen molar-refractivity contribution in [1.82, 2.24) is 25.0 Å². The molecule has 8 heteroatoms. The summed E-state index contributed by atoms with van der Waals surface area (Å²) in [5.74, 6) is 1.29. The normalized spacial score (nSPS) is 10.9. The first-order valence-corrected chi connectivity index (χ1v) is 7.75. The highest BCUT2D eigenvalue weighted by atomic mass is 16.5. The van der Waals surface area contributed by atoms with E-state index < -0.39 is 0 Å². The van der Waals surface area contributed by atoms with Crippen molar-refractivity contribution in [1.29, 1.82) is 0 Å². The number of carbonyl (C=O) groups excluding carboxylic acids is 1. The quantitative estimate of drug-likeness (QED) is 0.710. The van der Waals surface area contributed by atoms with Gasteiger partial charge in [0.15, 0.2) is 5.76 Å². The third kappa shape index (κ3) is 3.70. The Morgan fingerprint density at radius 2 is 2.25 bits per heavy atom. The average molecular weight is 329 g/mol. The van der Waals surface area contributed by atoms with Crippen LogP contribution in [-0.4, -0.2) is 32.1 Å². The summed E-state index contributed by atoms with van der Waals surface area (Å²) < 4.78 is 12.3. The molecule has 0 atom stereocenters. The lowest BCUT2D eigenvalue weighted by atomic mass is 10.3. The van der Waals surface area contributed by atoms with Crippen LogP contribution in [-0.2, 0) is 17.8 Å². The van der Waals surface area contributed by atoms with Crippen molar-refractivity contribution in [3.63, 3.8) is 0 Å². The Balaban J connectivity index is 1.42. The van der Waals surface area contributed by atoms with Gasteiger partial charge in [0.25, 0.3) is 0 Å². The lowest BCUT2D eigenvalue weighted by molar-refractivity contribution is -0.121. The van der Waals surface area contributed by atoms with Crippen LogP contribution < -0.4 is 5.32 Å². The Hall–Kier alpha value is -2.90. The van der Waals surface area contributed by atoms with E-state index in [9.17, 15) is 4.79 Å². The number of furan rings is 1. The molecule has 0 aliphatic carbocycles. The van der Waals surface area contributed by atoms with Gasteiger partial charge in [0.05, 0.1) is 18.3 Å². The zero-order valence-corrected chi connectivity index (χ0v) is 13.7. The first-order valence-electron chi connectivity index (χ1n) is 7.75. The molecule has 0 fully saturated rings. The zero-order chi connectivity index (χ0) is 16.9. The number of amides is 1. The van der Waals surface area contributed by atoms with Crippen LogP contribution in [0.1, 0.15) is 23.7 Å². The van der Waals surface area contributed by atoms with E-state index >= 15 is 0 Å². The zero-order valence-electron chi connectivity index (χ0n) is 13.7. The molecule has 0 unspecified atom stereocenters. The molecule has 0 saturated carbocycles. The topological polar surface area (TPSA) is 99.0 Å². The number of nitrogens with zero attached hydrogens (tertiary/aromatic N) is 4. The Bertz CT molecular complexity index is 804. The van der Waals surface area contributed by atoms with Gasteiger partial charge in [-0.15, -0.1) is 0 Å². The first kappa shape index (κ1) is 16.0. The van der Waals surface area contributed by atoms with Crippen molar-refractivity contribution in [2.75, 3.05) is 6.54 Å². The fraction of sp³-hybridized carbons (Fsp3) is 0.375. The number of imidazole rings is 1. The molecule has 0 spiro atoms. The molecule has 3 heterocycles. The van der Waals surface area contributed by atoms with Gasteiger partial charge in [-0.1, -0.05) is 5.16 Å². The van der Waals surface area contributed by atoms with Crippen molar-refractivity contribution in [2.24, 2.45) is 0 Å². The predicted molar refractivity (Wildman–Crippen MR) is 85.0 cm³/mol. The number of aromatic nitrogens is 4. The summed E-state index contributed by atoms with van der Waals surface area (Å²) >= 11 is 0. The van der Waals surface area contributed by atoms with Crippen LogP contribution in [0.3, 0.4) is 0 Å². The lowest BCUT2D eigenvalue weighted by Crippen LogP contribution is -2.27. The van der Waals surface area contributed by atoms with Crippen LogP contribution in [0.2, 0.25) is 0 Å². The van der Waals surface area contributed by atoms with Gasteiger partial charge in [-0.25, -0.2) is 4.98 Å². The van der Waals surface area contributed by atoms with Crippen LogP contribution >= 0.6 is 0 Å². The van der Waals surface area contributed by atoms with Crippen LogP contribution in [0.25, 0.3) is 11.6 Å². The van der Waals surface area contributed by atoms with E-state index in [2.05, 4.69) is 20.4 Å². The summed E-state index contributed by atoms with van der Waals surface area (Å²) in [6.07, 6.45) is 4.01. The largest absolute Gasteiger partial charge is 0.461 e. The Kier molecular flexibility index (Phi) is 4.74. The van der Waals surface area contributed by atoms with E-state index in [4.69, 9.17) is 8.94 Å². The van der Waals surface area contributed by atoms with Crippen molar-refractivity contribution in [3.8, 4) is 11.6 Å². The minimum Gasteiger partial charge on any atom is -0.461 e. The first-order chi connectivity index (χ1) is 11.6. The molecule has 1 amide bonds. The van der Waals surface area contributed by atoms with Crippen molar-refractivity contribution in [2.45, 2.75) is 33.2 Å². The summed E-state index contributed by atoms with van der Waals surface area (Å²) in [4.78, 5) is 20.3. The van der Waals surface area contributed by atoms with Crippen LogP contribution in [0.15, 0.2) is 33.7 Å². The summed E-state index contributed by atoms with van der Waals surface area (Å²) in [6, 6.07) is 3.50. The summed E-state index contributed by atoms with van der Waals surface area (Å²) in [5, 5.41) is 6.70. The molecule has 1 N–H and O–H groups in total. The maximum atomic E-state index is 11.9. The van der Waals surface area contributed by atoms with Crippen molar-refractivity contribution >= 4 is 5.91 Å². The standard InChI is InChI=1S/C16H19N5O3/c1-11-12(2)21(10-18-11)8-7-17-14(22)5-6-15-19-16(20-24-15)13-4-3-9-23-13/h3-4,9-10H,5-8H2,1-2H3,(H,17,22). The fourth-order valence-electron chi connectivity index (χ4n) is 2.26. The highest BCUT2D eigenvalue weighted by Crippen LogP contribution is 2.16. The molecular formula is C16H19N5O3. The molecule has 126 valence electrons. The summed E-state index contributed by atoms with van der Waals surface area (Å²) in [7, 11) is 0. The van der Waals surface area contributed by atoms with E-state index in [1.54, 1.807) is 24.7 Å². The van der Waals surface area contributed by atoms with Gasteiger partial charge in [0.2, 0.25) is 17.6 Å². The predicted octanol–water partition coefficient (Wildman–Crippen LogP) is 1.89. The summed E-state index contributed by atoms with van der Waals surface area (Å²) in [5.41, 5.74) is 2.12. The maximum Gasteiger partial charge on any atom is 0.238 e. The van der Waals surface area contributed by atoms with E-state index in [0.29, 0.717) is 43.4 Å². The van der Waals surface area contributed by atoms with Gasteiger partial charge in [-0.05, 0) is 26.0 Å². The van der Waals surface area contributed by atoms with Crippen LogP contribution in [0, 0.1) is 13.8 Å². The monoisotopic (exact) mass is 329 g/mol. The highest BCUT2D eigenvalue weighted by Gasteiger charge is 2.12. The molecule has 0 radical (unpaired) electrons. The molecule has 8 nitrogen and oxygen atoms in total. The van der Waals surface area contributed by atoms with Gasteiger partial charge in [0.1, 0.15) is 0 Å². The number of carbonyl (C=O) groups is 1. The minimum absolute atomic E-state index is 0.0535. The number of hydrogen-bond acceptors (Lipinski definition) is 6. The number of nitrogens with one attached hydrogen (secondary N) is 1. The second-order valence-corrected chi connectivity index (χ2v) is 5.45. The maximum absolute atomic E-state index is 11.9. The fourth-order valence-corrected chi connectivity index (χ4v) is 2.26. The van der Waals surface area contributed by atoms with Gasteiger partial charge >= 0.3 is 0 Å². The number of aryl methyl sites for hydroxylation is 2. The summed E-state index contributed by atoms with van der Waals surface area (Å²) in [6.45, 7) is 5.22. The SMILES string of the molecule is Cc1ncn(CCNC(=O)CCc2nc(-c3ccco3)no2)c1C. The Morgan fingerprint density at radius 3 is 2.96 bits per heavy atom. The molecule has 0 aliphatic heterocycles. The van der Waals surface area contributed by atoms with Gasteiger partial charge in [-0.3, -0.25) is 4.79 Å². The molecular weight excluding hydrogens is 310 g/mol. The van der Waals surface area contributed by atoms with Gasteiger partial charge in [0, 0.05) is 31.6 Å². The van der Waals surface area contributed by atoms with Gasteiger partial charge < -0.3 is 18.8 Å². The smallest absolute Gasteiger partial charge is 0.238 e. The molecule has 3 rings (SSSR count). The lowest BCUT2D eigenvalue weighted by Gasteiger charge is -2.07. The third-order valence-electron chi connectivity index (χ3n) is 3.80. The molecule has 3 aromatic rings. The van der Waals surface area contributed by atoms with E-state index in [1.165, 1.54) is 0 Å². The van der Waals surface area contributed by atoms with E-state index in [-0.39, 0.29) is 5.91 Å². The van der Waals surface area contributed by atoms with Crippen molar-refractivity contribution < 1.29 is 13.7 Å². The highest BCUT2D eigenvalue weighted by molar-refractivity contribution is 5.75. The van der Waals surface area contributed by atoms with E-state index in [0.717, 1.165) is 11.4 Å². The molecule has 0 bridgehead atoms. The molecule has 3 aromatic heterocycles. The molecule has 24 heavy (non-hydrogen) atoms. The molecule has 0 aliphatic rings. The second-order valence-electron chi connectivity index (χ2n) is 5.45. The minimum atomic E-state index is -0.0535. The third-order valence-corrected chi connectivity index (χ3v) is 3.80. The van der Waals surface area contributed by atoms with Gasteiger partial charge in [-0.2, -0.15) is 4.98 Å². The second kappa shape index (κ2) is 7.12. The molecule has 0 aromatic carbocycles. The molecule has 0 saturated heterocycles. The number of hydrogen-bond donors (Lipinski definition) is 1. The van der Waals surface area contributed by atoms with Crippen molar-refractivity contribution in [3.05, 3.63) is 42.0 Å².